The standard InChI is InChI=1S/C19H26N6O2S/c1-13-12-16(22-19(20-13)25-8-10-27-11-9-25)23-4-6-24(7-5-23)18(26)17-14(2)21-15(3)28-17/h12H,4-11H2,1-3H3. The predicted molar refractivity (Wildman–Crippen MR) is 110 cm³/mol. The number of amides is 1. The van der Waals surface area contributed by atoms with Crippen molar-refractivity contribution < 1.29 is 9.53 Å². The molecule has 2 aromatic rings. The lowest BCUT2D eigenvalue weighted by atomic mass is 10.2. The summed E-state index contributed by atoms with van der Waals surface area (Å²) in [6.45, 7) is 11.8. The summed E-state index contributed by atoms with van der Waals surface area (Å²) in [6.07, 6.45) is 0. The molecule has 0 N–H and O–H groups in total. The van der Waals surface area contributed by atoms with Crippen LogP contribution in [0.15, 0.2) is 6.07 Å². The Bertz CT molecular complexity index is 856. The van der Waals surface area contributed by atoms with E-state index in [9.17, 15) is 4.79 Å². The van der Waals surface area contributed by atoms with Crippen LogP contribution in [0.25, 0.3) is 0 Å². The Morgan fingerprint density at radius 1 is 0.964 bits per heavy atom. The van der Waals surface area contributed by atoms with E-state index in [0.717, 1.165) is 59.2 Å². The first kappa shape index (κ1) is 19.1. The van der Waals surface area contributed by atoms with Crippen molar-refractivity contribution in [3.05, 3.63) is 27.3 Å². The predicted octanol–water partition coefficient (Wildman–Crippen LogP) is 1.66. The van der Waals surface area contributed by atoms with Gasteiger partial charge in [-0.15, -0.1) is 11.3 Å². The molecule has 0 radical (unpaired) electrons. The Morgan fingerprint density at radius 2 is 1.68 bits per heavy atom. The fourth-order valence-electron chi connectivity index (χ4n) is 3.62. The number of carbonyl (C=O) groups is 1. The molecule has 150 valence electrons. The fraction of sp³-hybridized carbons (Fsp3) is 0.579. The first-order valence-electron chi connectivity index (χ1n) is 9.68. The maximum atomic E-state index is 12.8. The summed E-state index contributed by atoms with van der Waals surface area (Å²) in [5.41, 5.74) is 1.79. The van der Waals surface area contributed by atoms with Crippen LogP contribution in [0.4, 0.5) is 11.8 Å². The Balaban J connectivity index is 1.44. The van der Waals surface area contributed by atoms with E-state index < -0.39 is 0 Å². The lowest BCUT2D eigenvalue weighted by Crippen LogP contribution is -2.49. The Morgan fingerprint density at radius 3 is 2.32 bits per heavy atom. The van der Waals surface area contributed by atoms with Crippen molar-refractivity contribution in [3.63, 3.8) is 0 Å². The van der Waals surface area contributed by atoms with E-state index in [1.54, 1.807) is 0 Å². The summed E-state index contributed by atoms with van der Waals surface area (Å²) in [5, 5.41) is 0.937. The minimum absolute atomic E-state index is 0.0932. The monoisotopic (exact) mass is 402 g/mol. The van der Waals surface area contributed by atoms with Gasteiger partial charge in [-0.25, -0.2) is 9.97 Å². The van der Waals surface area contributed by atoms with Crippen molar-refractivity contribution in [2.24, 2.45) is 0 Å². The van der Waals surface area contributed by atoms with E-state index in [2.05, 4.69) is 19.8 Å². The molecule has 4 rings (SSSR count). The van der Waals surface area contributed by atoms with Gasteiger partial charge in [0.25, 0.3) is 5.91 Å². The largest absolute Gasteiger partial charge is 0.378 e. The SMILES string of the molecule is Cc1cc(N2CCN(C(=O)c3sc(C)nc3C)CC2)nc(N2CCOCC2)n1. The van der Waals surface area contributed by atoms with Crippen LogP contribution in [0, 0.1) is 20.8 Å². The van der Waals surface area contributed by atoms with Crippen molar-refractivity contribution in [2.75, 3.05) is 62.3 Å². The van der Waals surface area contributed by atoms with E-state index >= 15 is 0 Å². The molecule has 0 atom stereocenters. The van der Waals surface area contributed by atoms with Crippen LogP contribution in [-0.4, -0.2) is 78.2 Å². The molecule has 0 unspecified atom stereocenters. The average molecular weight is 403 g/mol. The third-order valence-electron chi connectivity index (χ3n) is 5.11. The van der Waals surface area contributed by atoms with Gasteiger partial charge in [0, 0.05) is 51.0 Å². The second-order valence-electron chi connectivity index (χ2n) is 7.19. The molecule has 1 amide bonds. The third kappa shape index (κ3) is 3.95. The molecule has 9 heteroatoms. The van der Waals surface area contributed by atoms with Gasteiger partial charge in [0.05, 0.1) is 23.9 Å². The molecule has 2 aromatic heterocycles. The van der Waals surface area contributed by atoms with Crippen molar-refractivity contribution in [2.45, 2.75) is 20.8 Å². The summed E-state index contributed by atoms with van der Waals surface area (Å²) >= 11 is 1.48. The van der Waals surface area contributed by atoms with Crippen LogP contribution in [0.2, 0.25) is 0 Å². The molecule has 2 saturated heterocycles. The summed E-state index contributed by atoms with van der Waals surface area (Å²) in [7, 11) is 0. The first-order valence-corrected chi connectivity index (χ1v) is 10.5. The maximum absolute atomic E-state index is 12.8. The number of ether oxygens (including phenoxy) is 1. The van der Waals surface area contributed by atoms with Gasteiger partial charge in [0.1, 0.15) is 10.7 Å². The highest BCUT2D eigenvalue weighted by atomic mass is 32.1. The van der Waals surface area contributed by atoms with Crippen LogP contribution in [0.1, 0.15) is 26.1 Å². The first-order chi connectivity index (χ1) is 13.5. The van der Waals surface area contributed by atoms with E-state index in [4.69, 9.17) is 9.72 Å². The Hall–Kier alpha value is -2.26. The summed E-state index contributed by atoms with van der Waals surface area (Å²) in [4.78, 5) is 33.7. The number of hydrogen-bond acceptors (Lipinski definition) is 8. The minimum Gasteiger partial charge on any atom is -0.378 e. The van der Waals surface area contributed by atoms with Crippen LogP contribution >= 0.6 is 11.3 Å². The number of carbonyl (C=O) groups excluding carboxylic acids is 1. The van der Waals surface area contributed by atoms with Gasteiger partial charge in [-0.3, -0.25) is 4.79 Å². The molecule has 2 fully saturated rings. The molecule has 4 heterocycles. The van der Waals surface area contributed by atoms with Gasteiger partial charge in [0.15, 0.2) is 0 Å². The number of anilines is 2. The molecule has 28 heavy (non-hydrogen) atoms. The van der Waals surface area contributed by atoms with Crippen molar-refractivity contribution in [1.82, 2.24) is 19.9 Å². The molecule has 2 aliphatic heterocycles. The number of rotatable bonds is 3. The smallest absolute Gasteiger partial charge is 0.265 e. The highest BCUT2D eigenvalue weighted by molar-refractivity contribution is 7.13. The number of aryl methyl sites for hydroxylation is 3. The molecule has 0 spiro atoms. The highest BCUT2D eigenvalue weighted by Crippen LogP contribution is 2.23. The average Bonchev–Trinajstić information content (AvgIpc) is 3.06. The van der Waals surface area contributed by atoms with E-state index in [0.29, 0.717) is 26.3 Å². The zero-order chi connectivity index (χ0) is 19.7. The number of hydrogen-bond donors (Lipinski definition) is 0. The topological polar surface area (TPSA) is 74.7 Å². The molecule has 0 saturated carbocycles. The number of morpholine rings is 1. The molecule has 0 aliphatic carbocycles. The second-order valence-corrected chi connectivity index (χ2v) is 8.40. The zero-order valence-corrected chi connectivity index (χ0v) is 17.5. The lowest BCUT2D eigenvalue weighted by Gasteiger charge is -2.36. The van der Waals surface area contributed by atoms with Gasteiger partial charge in [-0.1, -0.05) is 0 Å². The van der Waals surface area contributed by atoms with Crippen LogP contribution in [-0.2, 0) is 4.74 Å². The van der Waals surface area contributed by atoms with E-state index in [1.807, 2.05) is 31.7 Å². The zero-order valence-electron chi connectivity index (χ0n) is 16.6. The summed E-state index contributed by atoms with van der Waals surface area (Å²) in [6, 6.07) is 2.03. The minimum atomic E-state index is 0.0932. The van der Waals surface area contributed by atoms with Gasteiger partial charge in [0.2, 0.25) is 5.95 Å². The van der Waals surface area contributed by atoms with Crippen LogP contribution in [0.3, 0.4) is 0 Å². The van der Waals surface area contributed by atoms with Gasteiger partial charge < -0.3 is 19.4 Å². The molecule has 0 aromatic carbocycles. The van der Waals surface area contributed by atoms with E-state index in [1.165, 1.54) is 11.3 Å². The van der Waals surface area contributed by atoms with Gasteiger partial charge >= 0.3 is 0 Å². The van der Waals surface area contributed by atoms with Crippen molar-refractivity contribution in [1.29, 1.82) is 0 Å². The summed E-state index contributed by atoms with van der Waals surface area (Å²) in [5.74, 6) is 1.80. The Labute approximate surface area is 169 Å². The second kappa shape index (κ2) is 8.00. The van der Waals surface area contributed by atoms with Crippen molar-refractivity contribution in [3.8, 4) is 0 Å². The quantitative estimate of drug-likeness (QED) is 0.773. The van der Waals surface area contributed by atoms with E-state index in [-0.39, 0.29) is 5.91 Å². The highest BCUT2D eigenvalue weighted by Gasteiger charge is 2.26. The molecule has 8 nitrogen and oxygen atoms in total. The number of aromatic nitrogens is 3. The van der Waals surface area contributed by atoms with Crippen LogP contribution in [0.5, 0.6) is 0 Å². The summed E-state index contributed by atoms with van der Waals surface area (Å²) < 4.78 is 5.43. The number of nitrogens with zero attached hydrogens (tertiary/aromatic N) is 6. The van der Waals surface area contributed by atoms with Gasteiger partial charge in [-0.2, -0.15) is 4.98 Å². The van der Waals surface area contributed by atoms with Crippen LogP contribution < -0.4 is 9.80 Å². The fourth-order valence-corrected chi connectivity index (χ4v) is 4.50. The molecular weight excluding hydrogens is 376 g/mol. The van der Waals surface area contributed by atoms with Crippen molar-refractivity contribution >= 4 is 29.0 Å². The molecule has 0 bridgehead atoms. The number of thiazole rings is 1. The molecule has 2 aliphatic rings. The third-order valence-corrected chi connectivity index (χ3v) is 6.17. The lowest BCUT2D eigenvalue weighted by molar-refractivity contribution is 0.0750. The number of piperazine rings is 1. The molecular formula is C19H26N6O2S. The normalized spacial score (nSPS) is 17.9. The van der Waals surface area contributed by atoms with Gasteiger partial charge in [-0.05, 0) is 20.8 Å². The maximum Gasteiger partial charge on any atom is 0.265 e. The Kier molecular flexibility index (Phi) is 5.45.